The van der Waals surface area contributed by atoms with Gasteiger partial charge in [0.25, 0.3) is 11.5 Å². The molecule has 2 aromatic carbocycles. The van der Waals surface area contributed by atoms with Gasteiger partial charge >= 0.3 is 12.1 Å². The molecule has 0 fully saturated rings. The molecule has 0 atom stereocenters. The van der Waals surface area contributed by atoms with Gasteiger partial charge in [0.2, 0.25) is 0 Å². The van der Waals surface area contributed by atoms with Gasteiger partial charge in [0.05, 0.1) is 16.5 Å². The fraction of sp³-hybridized carbons (Fsp3) is 0.130. The molecule has 12 heteroatoms. The Bertz CT molecular complexity index is 1510. The number of hydrogen-bond donors (Lipinski definition) is 2. The summed E-state index contributed by atoms with van der Waals surface area (Å²) >= 11 is 11.2. The van der Waals surface area contributed by atoms with Crippen molar-refractivity contribution < 1.29 is 27.9 Å². The number of anilines is 1. The van der Waals surface area contributed by atoms with E-state index in [1.54, 1.807) is 6.08 Å². The monoisotopic (exact) mass is 523 g/mol. The second-order valence-electron chi connectivity index (χ2n) is 7.55. The number of carbonyl (C=O) groups is 2. The number of hydrogen-bond acceptors (Lipinski definition) is 4. The van der Waals surface area contributed by atoms with Crippen molar-refractivity contribution in [3.05, 3.63) is 79.8 Å². The summed E-state index contributed by atoms with van der Waals surface area (Å²) < 4.78 is 40.6. The van der Waals surface area contributed by atoms with E-state index in [4.69, 9.17) is 28.3 Å². The normalized spacial score (nSPS) is 15.2. The summed E-state index contributed by atoms with van der Waals surface area (Å²) in [4.78, 5) is 40.5. The maximum atomic E-state index is 13.1. The van der Waals surface area contributed by atoms with Gasteiger partial charge in [-0.05, 0) is 54.0 Å². The molecule has 3 aromatic rings. The number of fused-ring (bicyclic) bond motifs is 2. The molecule has 0 saturated carbocycles. The van der Waals surface area contributed by atoms with E-state index in [9.17, 15) is 27.6 Å². The molecule has 0 saturated heterocycles. The van der Waals surface area contributed by atoms with Crippen LogP contribution in [-0.4, -0.2) is 26.5 Å². The number of aliphatic carboxylic acids is 1. The van der Waals surface area contributed by atoms with E-state index in [2.05, 4.69) is 10.3 Å². The summed E-state index contributed by atoms with van der Waals surface area (Å²) in [6, 6.07) is 9.08. The molecule has 0 aliphatic carbocycles. The Morgan fingerprint density at radius 2 is 1.86 bits per heavy atom. The average Bonchev–Trinajstić information content (AvgIpc) is 3.20. The molecule has 1 aliphatic heterocycles. The molecule has 1 aromatic heterocycles. The fourth-order valence-electron chi connectivity index (χ4n) is 3.62. The number of nitrogens with zero attached hydrogens (tertiary/aromatic N) is 2. The Morgan fingerprint density at radius 1 is 1.11 bits per heavy atom. The zero-order valence-corrected chi connectivity index (χ0v) is 19.0. The molecule has 4 rings (SSSR count). The number of aromatic nitrogens is 2. The maximum Gasteiger partial charge on any atom is 0.416 e. The smallest absolute Gasteiger partial charge is 0.416 e. The van der Waals surface area contributed by atoms with Crippen LogP contribution >= 0.6 is 23.2 Å². The highest BCUT2D eigenvalue weighted by atomic mass is 35.5. The van der Waals surface area contributed by atoms with Gasteiger partial charge in [-0.15, -0.1) is 0 Å². The van der Waals surface area contributed by atoms with Gasteiger partial charge in [-0.2, -0.15) is 13.2 Å². The van der Waals surface area contributed by atoms with Gasteiger partial charge in [-0.3, -0.25) is 14.2 Å². The van der Waals surface area contributed by atoms with Crippen LogP contribution < -0.4 is 10.9 Å². The standard InChI is InChI=1S/C23H14Cl2F3N3O4/c24-17(18(25)22(34)35)20(32)29-14-4-5-15-16(10-14)30-19-12(6-7-31(19)21(15)33)8-11-2-1-3-13(9-11)23(26,27)28/h1-5,8-10H,6-7H2,(H,29,32)(H,34,35)/b12-8?,18-17-. The van der Waals surface area contributed by atoms with E-state index < -0.39 is 33.7 Å². The number of alkyl halides is 3. The number of allylic oxidation sites excluding steroid dienone is 1. The van der Waals surface area contributed by atoms with Gasteiger partial charge in [0.1, 0.15) is 15.9 Å². The molecule has 180 valence electrons. The lowest BCUT2D eigenvalue weighted by molar-refractivity contribution is -0.137. The Morgan fingerprint density at radius 3 is 2.54 bits per heavy atom. The number of amides is 1. The van der Waals surface area contributed by atoms with Crippen LogP contribution in [0, 0.1) is 0 Å². The number of nitrogens with one attached hydrogen (secondary N) is 1. The first kappa shape index (κ1) is 24.5. The zero-order valence-electron chi connectivity index (χ0n) is 17.5. The van der Waals surface area contributed by atoms with Crippen molar-refractivity contribution in [1.29, 1.82) is 0 Å². The van der Waals surface area contributed by atoms with Crippen molar-refractivity contribution in [3.63, 3.8) is 0 Å². The lowest BCUT2D eigenvalue weighted by Gasteiger charge is -2.09. The highest BCUT2D eigenvalue weighted by Gasteiger charge is 2.30. The number of benzene rings is 2. The molecule has 0 unspecified atom stereocenters. The van der Waals surface area contributed by atoms with Crippen molar-refractivity contribution in [2.45, 2.75) is 19.1 Å². The van der Waals surface area contributed by atoms with Crippen molar-refractivity contribution in [3.8, 4) is 0 Å². The minimum absolute atomic E-state index is 0.175. The Hall–Kier alpha value is -3.63. The number of halogens is 5. The van der Waals surface area contributed by atoms with E-state index in [1.807, 2.05) is 0 Å². The summed E-state index contributed by atoms with van der Waals surface area (Å²) in [5, 5.41) is 9.91. The topological polar surface area (TPSA) is 101 Å². The first-order valence-electron chi connectivity index (χ1n) is 9.98. The lowest BCUT2D eigenvalue weighted by Crippen LogP contribution is -2.21. The van der Waals surface area contributed by atoms with Crippen molar-refractivity contribution in [2.24, 2.45) is 0 Å². The van der Waals surface area contributed by atoms with Crippen LogP contribution in [0.4, 0.5) is 18.9 Å². The number of rotatable bonds is 4. The van der Waals surface area contributed by atoms with E-state index in [1.165, 1.54) is 34.9 Å². The molecule has 35 heavy (non-hydrogen) atoms. The molecule has 7 nitrogen and oxygen atoms in total. The van der Waals surface area contributed by atoms with Crippen LogP contribution in [0.5, 0.6) is 0 Å². The van der Waals surface area contributed by atoms with Crippen LogP contribution in [0.25, 0.3) is 22.6 Å². The third kappa shape index (κ3) is 4.94. The van der Waals surface area contributed by atoms with Crippen LogP contribution in [0.1, 0.15) is 23.4 Å². The molecule has 1 aliphatic rings. The fourth-order valence-corrected chi connectivity index (χ4v) is 3.83. The Kier molecular flexibility index (Phi) is 6.44. The van der Waals surface area contributed by atoms with Crippen molar-refractivity contribution >= 4 is 63.3 Å². The van der Waals surface area contributed by atoms with Crippen LogP contribution in [0.2, 0.25) is 0 Å². The van der Waals surface area contributed by atoms with Gasteiger partial charge in [-0.1, -0.05) is 35.3 Å². The van der Waals surface area contributed by atoms with Crippen molar-refractivity contribution in [1.82, 2.24) is 9.55 Å². The quantitative estimate of drug-likeness (QED) is 0.465. The number of carboxylic acids is 1. The highest BCUT2D eigenvalue weighted by molar-refractivity contribution is 6.54. The molecular formula is C23H14Cl2F3N3O4. The third-order valence-corrected chi connectivity index (χ3v) is 6.05. The van der Waals surface area contributed by atoms with E-state index >= 15 is 0 Å². The van der Waals surface area contributed by atoms with Crippen LogP contribution in [-0.2, 0) is 22.3 Å². The zero-order chi connectivity index (χ0) is 25.5. The lowest BCUT2D eigenvalue weighted by atomic mass is 10.1. The molecule has 0 radical (unpaired) electrons. The largest absolute Gasteiger partial charge is 0.477 e. The van der Waals surface area contributed by atoms with Crippen LogP contribution in [0.3, 0.4) is 0 Å². The second-order valence-corrected chi connectivity index (χ2v) is 8.31. The van der Waals surface area contributed by atoms with Gasteiger partial charge in [0, 0.05) is 12.2 Å². The highest BCUT2D eigenvalue weighted by Crippen LogP contribution is 2.32. The predicted octanol–water partition coefficient (Wildman–Crippen LogP) is 5.07. The summed E-state index contributed by atoms with van der Waals surface area (Å²) in [7, 11) is 0. The minimum atomic E-state index is -4.49. The van der Waals surface area contributed by atoms with Crippen molar-refractivity contribution in [2.75, 3.05) is 5.32 Å². The van der Waals surface area contributed by atoms with Gasteiger partial charge in [-0.25, -0.2) is 9.78 Å². The molecule has 2 N–H and O–H groups in total. The molecule has 1 amide bonds. The molecule has 0 bridgehead atoms. The van der Waals surface area contributed by atoms with E-state index in [0.29, 0.717) is 29.9 Å². The SMILES string of the molecule is O=C(O)/C(Cl)=C(/Cl)C(=O)Nc1ccc2c(=O)n3c(nc2c1)C(=Cc1cccc(C(F)(F)F)c1)CC3. The van der Waals surface area contributed by atoms with E-state index in [0.717, 1.165) is 12.1 Å². The van der Waals surface area contributed by atoms with Gasteiger partial charge in [0.15, 0.2) is 0 Å². The molecular weight excluding hydrogens is 510 g/mol. The Labute approximate surface area is 205 Å². The third-order valence-electron chi connectivity index (χ3n) is 5.24. The Balaban J connectivity index is 1.72. The van der Waals surface area contributed by atoms with E-state index in [-0.39, 0.29) is 22.1 Å². The number of carboxylic acid groups (broad SMARTS) is 1. The van der Waals surface area contributed by atoms with Gasteiger partial charge < -0.3 is 10.4 Å². The molecule has 0 spiro atoms. The molecule has 2 heterocycles. The maximum absolute atomic E-state index is 13.1. The number of carbonyl (C=O) groups excluding carboxylic acids is 1. The summed E-state index contributed by atoms with van der Waals surface area (Å²) in [6.45, 7) is 0.314. The van der Waals surface area contributed by atoms with Crippen LogP contribution in [0.15, 0.2) is 57.3 Å². The summed E-state index contributed by atoms with van der Waals surface area (Å²) in [5.41, 5.74) is 0.161. The minimum Gasteiger partial charge on any atom is -0.477 e. The summed E-state index contributed by atoms with van der Waals surface area (Å²) in [5.74, 6) is -2.24. The first-order valence-corrected chi connectivity index (χ1v) is 10.7. The average molecular weight is 524 g/mol. The second kappa shape index (κ2) is 9.20. The predicted molar refractivity (Wildman–Crippen MR) is 125 cm³/mol. The first-order chi connectivity index (χ1) is 16.5. The summed E-state index contributed by atoms with van der Waals surface area (Å²) in [6.07, 6.45) is -2.54.